The molecular weight excluding hydrogens is 342 g/mol. The average molecular weight is 370 g/mol. The summed E-state index contributed by atoms with van der Waals surface area (Å²) < 4.78 is 0. The Morgan fingerprint density at radius 2 is 2.35 bits per heavy atom. The molecule has 1 unspecified atom stereocenters. The third-order valence-electron chi connectivity index (χ3n) is 5.81. The van der Waals surface area contributed by atoms with E-state index in [1.54, 1.807) is 6.08 Å². The van der Waals surface area contributed by atoms with Crippen LogP contribution in [0, 0.1) is 5.92 Å². The zero-order valence-electron chi connectivity index (χ0n) is 15.2. The Morgan fingerprint density at radius 1 is 1.46 bits per heavy atom. The van der Waals surface area contributed by atoms with Gasteiger partial charge in [-0.1, -0.05) is 18.2 Å². The van der Waals surface area contributed by atoms with Gasteiger partial charge < -0.3 is 15.2 Å². The number of hydrogen-bond donors (Lipinski definition) is 4. The molecular formula is C20H27N5S. The summed E-state index contributed by atoms with van der Waals surface area (Å²) in [6.07, 6.45) is 6.35. The molecule has 1 saturated heterocycles. The topological polar surface area (TPSA) is 55.1 Å². The van der Waals surface area contributed by atoms with E-state index in [4.69, 9.17) is 12.2 Å². The van der Waals surface area contributed by atoms with Crippen LogP contribution in [-0.4, -0.2) is 47.7 Å². The standard InChI is InChI=1S/C20H27N5S/c1-3-7-21-20(26)24-23-10-13-8-16-15-5-4-6-17-19(15)14(11-22-17)9-18(16)25(2)12-13/h3-6,11,13,16,18,22-23H,1,7-10,12H2,2H3,(H2,21,24,26)/t13-,16?,18+/m0/s1. The molecule has 2 aromatic rings. The molecule has 0 radical (unpaired) electrons. The number of rotatable bonds is 5. The van der Waals surface area contributed by atoms with E-state index in [-0.39, 0.29) is 0 Å². The van der Waals surface area contributed by atoms with Crippen LogP contribution in [0.15, 0.2) is 37.1 Å². The molecule has 26 heavy (non-hydrogen) atoms. The van der Waals surface area contributed by atoms with Gasteiger partial charge in [0.1, 0.15) is 0 Å². The Labute approximate surface area is 160 Å². The number of hydrazine groups is 1. The Kier molecular flexibility index (Phi) is 4.98. The number of likely N-dealkylation sites (tertiary alicyclic amines) is 1. The Hall–Kier alpha value is -1.89. The summed E-state index contributed by atoms with van der Waals surface area (Å²) in [5, 5.41) is 5.15. The first-order chi connectivity index (χ1) is 12.7. The van der Waals surface area contributed by atoms with E-state index in [0.717, 1.165) is 19.5 Å². The summed E-state index contributed by atoms with van der Waals surface area (Å²) in [5.74, 6) is 1.19. The van der Waals surface area contributed by atoms with Gasteiger partial charge in [-0.05, 0) is 55.2 Å². The zero-order chi connectivity index (χ0) is 18.1. The van der Waals surface area contributed by atoms with Crippen molar-refractivity contribution < 1.29 is 0 Å². The molecule has 1 aromatic carbocycles. The van der Waals surface area contributed by atoms with E-state index in [1.165, 1.54) is 28.5 Å². The summed E-state index contributed by atoms with van der Waals surface area (Å²) >= 11 is 5.23. The lowest BCUT2D eigenvalue weighted by Gasteiger charge is -2.45. The molecule has 3 atom stereocenters. The highest BCUT2D eigenvalue weighted by Crippen LogP contribution is 2.44. The van der Waals surface area contributed by atoms with Gasteiger partial charge in [0.25, 0.3) is 0 Å². The second-order valence-corrected chi connectivity index (χ2v) is 7.92. The van der Waals surface area contributed by atoms with Crippen LogP contribution in [0.3, 0.4) is 0 Å². The summed E-state index contributed by atoms with van der Waals surface area (Å²) in [5.41, 5.74) is 10.6. The minimum Gasteiger partial charge on any atom is -0.361 e. The van der Waals surface area contributed by atoms with Gasteiger partial charge in [-0.3, -0.25) is 5.43 Å². The molecule has 1 aliphatic carbocycles. The summed E-state index contributed by atoms with van der Waals surface area (Å²) in [6, 6.07) is 7.30. The van der Waals surface area contributed by atoms with Gasteiger partial charge in [-0.2, -0.15) is 0 Å². The minimum absolute atomic E-state index is 0.590. The van der Waals surface area contributed by atoms with Crippen molar-refractivity contribution in [3.63, 3.8) is 0 Å². The van der Waals surface area contributed by atoms with Gasteiger partial charge in [0.2, 0.25) is 0 Å². The van der Waals surface area contributed by atoms with Crippen LogP contribution in [0.25, 0.3) is 10.9 Å². The Morgan fingerprint density at radius 3 is 3.19 bits per heavy atom. The third-order valence-corrected chi connectivity index (χ3v) is 6.06. The number of aromatic amines is 1. The maximum Gasteiger partial charge on any atom is 0.181 e. The molecule has 0 spiro atoms. The van der Waals surface area contributed by atoms with Crippen LogP contribution < -0.4 is 16.2 Å². The van der Waals surface area contributed by atoms with E-state index in [2.05, 4.69) is 64.1 Å². The summed E-state index contributed by atoms with van der Waals surface area (Å²) in [4.78, 5) is 6.00. The Bertz CT molecular complexity index is 814. The molecule has 2 heterocycles. The predicted molar refractivity (Wildman–Crippen MR) is 111 cm³/mol. The SMILES string of the molecule is C=CCNC(=S)NNC[C@@H]1CC2c3cccc4[nH]cc(c34)C[C@H]2N(C)C1. The second kappa shape index (κ2) is 7.39. The highest BCUT2D eigenvalue weighted by molar-refractivity contribution is 7.80. The van der Waals surface area contributed by atoms with Crippen molar-refractivity contribution in [3.8, 4) is 0 Å². The fourth-order valence-electron chi connectivity index (χ4n) is 4.69. The van der Waals surface area contributed by atoms with Gasteiger partial charge in [0, 0.05) is 48.7 Å². The largest absolute Gasteiger partial charge is 0.361 e. The van der Waals surface area contributed by atoms with Crippen molar-refractivity contribution in [2.24, 2.45) is 5.92 Å². The number of nitrogens with zero attached hydrogens (tertiary/aromatic N) is 1. The van der Waals surface area contributed by atoms with Crippen molar-refractivity contribution in [1.82, 2.24) is 26.1 Å². The van der Waals surface area contributed by atoms with Crippen LogP contribution in [0.4, 0.5) is 0 Å². The second-order valence-electron chi connectivity index (χ2n) is 7.51. The molecule has 5 nitrogen and oxygen atoms in total. The van der Waals surface area contributed by atoms with E-state index in [9.17, 15) is 0 Å². The van der Waals surface area contributed by atoms with Crippen molar-refractivity contribution in [2.75, 3.05) is 26.7 Å². The summed E-state index contributed by atoms with van der Waals surface area (Å²) in [7, 11) is 2.27. The van der Waals surface area contributed by atoms with Gasteiger partial charge in [-0.15, -0.1) is 6.58 Å². The van der Waals surface area contributed by atoms with Crippen molar-refractivity contribution >= 4 is 28.2 Å². The number of hydrogen-bond acceptors (Lipinski definition) is 3. The lowest BCUT2D eigenvalue weighted by atomic mass is 9.72. The van der Waals surface area contributed by atoms with Gasteiger partial charge in [0.15, 0.2) is 5.11 Å². The quantitative estimate of drug-likeness (QED) is 0.370. The van der Waals surface area contributed by atoms with Crippen LogP contribution >= 0.6 is 12.2 Å². The van der Waals surface area contributed by atoms with Crippen LogP contribution in [0.2, 0.25) is 0 Å². The van der Waals surface area contributed by atoms with Gasteiger partial charge >= 0.3 is 0 Å². The zero-order valence-corrected chi connectivity index (χ0v) is 16.0. The number of thiocarbonyl (C=S) groups is 1. The maximum absolute atomic E-state index is 5.23. The molecule has 1 aromatic heterocycles. The Balaban J connectivity index is 1.44. The number of benzene rings is 1. The van der Waals surface area contributed by atoms with Crippen LogP contribution in [0.1, 0.15) is 23.5 Å². The smallest absolute Gasteiger partial charge is 0.181 e. The fraction of sp³-hybridized carbons (Fsp3) is 0.450. The maximum atomic E-state index is 5.23. The lowest BCUT2D eigenvalue weighted by Crippen LogP contribution is -2.52. The lowest BCUT2D eigenvalue weighted by molar-refractivity contribution is 0.110. The molecule has 1 aliphatic heterocycles. The summed E-state index contributed by atoms with van der Waals surface area (Å²) in [6.45, 7) is 6.37. The first-order valence-corrected chi connectivity index (χ1v) is 9.75. The molecule has 1 fully saturated rings. The van der Waals surface area contributed by atoms with E-state index < -0.39 is 0 Å². The number of fused-ring (bicyclic) bond motifs is 2. The third kappa shape index (κ3) is 3.24. The molecule has 0 bridgehead atoms. The van der Waals surface area contributed by atoms with Gasteiger partial charge in [-0.25, -0.2) is 5.43 Å². The normalized spacial score (nSPS) is 24.9. The number of H-pyrrole nitrogens is 1. The van der Waals surface area contributed by atoms with Crippen LogP contribution in [0.5, 0.6) is 0 Å². The highest BCUT2D eigenvalue weighted by Gasteiger charge is 2.39. The minimum atomic E-state index is 0.590. The van der Waals surface area contributed by atoms with E-state index >= 15 is 0 Å². The molecule has 2 aliphatic rings. The van der Waals surface area contributed by atoms with E-state index in [0.29, 0.717) is 29.5 Å². The molecule has 0 saturated carbocycles. The number of aromatic nitrogens is 1. The monoisotopic (exact) mass is 369 g/mol. The van der Waals surface area contributed by atoms with Crippen LogP contribution in [-0.2, 0) is 6.42 Å². The molecule has 4 rings (SSSR count). The molecule has 138 valence electrons. The van der Waals surface area contributed by atoms with Crippen molar-refractivity contribution in [2.45, 2.75) is 24.8 Å². The molecule has 0 amide bonds. The first kappa shape index (κ1) is 17.5. The predicted octanol–water partition coefficient (Wildman–Crippen LogP) is 2.28. The van der Waals surface area contributed by atoms with Gasteiger partial charge in [0.05, 0.1) is 0 Å². The molecule has 4 N–H and O–H groups in total. The number of nitrogens with one attached hydrogen (secondary N) is 4. The van der Waals surface area contributed by atoms with Crippen molar-refractivity contribution in [1.29, 1.82) is 0 Å². The highest BCUT2D eigenvalue weighted by atomic mass is 32.1. The molecule has 6 heteroatoms. The fourth-order valence-corrected chi connectivity index (χ4v) is 4.84. The van der Waals surface area contributed by atoms with Crippen molar-refractivity contribution in [3.05, 3.63) is 48.2 Å². The van der Waals surface area contributed by atoms with E-state index in [1.807, 2.05) is 0 Å². The average Bonchev–Trinajstić information content (AvgIpc) is 3.05. The first-order valence-electron chi connectivity index (χ1n) is 9.34. The number of piperidine rings is 1. The number of likely N-dealkylation sites (N-methyl/N-ethyl adjacent to an activating group) is 1.